The van der Waals surface area contributed by atoms with E-state index in [1.54, 1.807) is 18.4 Å². The Morgan fingerprint density at radius 2 is 2.12 bits per heavy atom. The van der Waals surface area contributed by atoms with Crippen LogP contribution < -0.4 is 0 Å². The van der Waals surface area contributed by atoms with Gasteiger partial charge in [0.05, 0.1) is 11.6 Å². The van der Waals surface area contributed by atoms with Gasteiger partial charge < -0.3 is 4.42 Å². The SMILES string of the molecule is Cc1ccoc1C(Cl)Cc1c(F)cccc1Cl. The summed E-state index contributed by atoms with van der Waals surface area (Å²) in [6, 6.07) is 6.43. The van der Waals surface area contributed by atoms with Crippen molar-refractivity contribution in [2.24, 2.45) is 0 Å². The molecule has 1 aromatic carbocycles. The summed E-state index contributed by atoms with van der Waals surface area (Å²) < 4.78 is 18.9. The summed E-state index contributed by atoms with van der Waals surface area (Å²) >= 11 is 12.2. The third kappa shape index (κ3) is 2.64. The van der Waals surface area contributed by atoms with E-state index in [9.17, 15) is 4.39 Å². The van der Waals surface area contributed by atoms with Gasteiger partial charge in [-0.25, -0.2) is 4.39 Å². The summed E-state index contributed by atoms with van der Waals surface area (Å²) in [5, 5.41) is -0.0285. The number of alkyl halides is 1. The molecule has 2 rings (SSSR count). The lowest BCUT2D eigenvalue weighted by molar-refractivity contribution is 0.496. The zero-order valence-corrected chi connectivity index (χ0v) is 10.7. The van der Waals surface area contributed by atoms with E-state index in [0.717, 1.165) is 5.56 Å². The molecule has 0 fully saturated rings. The summed E-state index contributed by atoms with van der Waals surface area (Å²) in [6.07, 6.45) is 1.88. The van der Waals surface area contributed by atoms with Crippen LogP contribution in [-0.4, -0.2) is 0 Å². The standard InChI is InChI=1S/C13H11Cl2FO/c1-8-5-6-17-13(8)11(15)7-9-10(14)3-2-4-12(9)16/h2-6,11H,7H2,1H3. The van der Waals surface area contributed by atoms with Crippen LogP contribution in [0.25, 0.3) is 0 Å². The number of halogens is 3. The zero-order chi connectivity index (χ0) is 12.4. The normalized spacial score (nSPS) is 12.7. The van der Waals surface area contributed by atoms with E-state index < -0.39 is 5.38 Å². The van der Waals surface area contributed by atoms with Gasteiger partial charge in [-0.2, -0.15) is 0 Å². The molecule has 0 aliphatic carbocycles. The molecule has 90 valence electrons. The zero-order valence-electron chi connectivity index (χ0n) is 9.21. The Hall–Kier alpha value is -0.990. The molecule has 0 aliphatic rings. The van der Waals surface area contributed by atoms with Crippen LogP contribution in [-0.2, 0) is 6.42 Å². The molecule has 0 saturated carbocycles. The smallest absolute Gasteiger partial charge is 0.127 e. The lowest BCUT2D eigenvalue weighted by atomic mass is 10.1. The number of rotatable bonds is 3. The predicted octanol–water partition coefficient (Wildman–Crippen LogP) is 4.90. The maximum absolute atomic E-state index is 13.6. The molecule has 0 radical (unpaired) electrons. The van der Waals surface area contributed by atoms with E-state index in [0.29, 0.717) is 22.8 Å². The second-order valence-electron chi connectivity index (χ2n) is 3.84. The van der Waals surface area contributed by atoms with Crippen LogP contribution in [0.1, 0.15) is 22.3 Å². The van der Waals surface area contributed by atoms with Crippen LogP contribution in [0, 0.1) is 12.7 Å². The van der Waals surface area contributed by atoms with Gasteiger partial charge in [-0.3, -0.25) is 0 Å². The van der Waals surface area contributed by atoms with Crippen molar-refractivity contribution in [3.63, 3.8) is 0 Å². The molecular formula is C13H11Cl2FO. The molecule has 4 heteroatoms. The van der Waals surface area contributed by atoms with Crippen molar-refractivity contribution in [1.82, 2.24) is 0 Å². The second-order valence-corrected chi connectivity index (χ2v) is 4.77. The van der Waals surface area contributed by atoms with E-state index >= 15 is 0 Å². The topological polar surface area (TPSA) is 13.1 Å². The Bertz CT molecular complexity index is 502. The maximum Gasteiger partial charge on any atom is 0.127 e. The maximum atomic E-state index is 13.6. The first kappa shape index (κ1) is 12.5. The number of benzene rings is 1. The molecule has 1 aromatic heterocycles. The van der Waals surface area contributed by atoms with Crippen molar-refractivity contribution in [1.29, 1.82) is 0 Å². The molecule has 1 nitrogen and oxygen atoms in total. The number of hydrogen-bond donors (Lipinski definition) is 0. The first-order valence-corrected chi connectivity index (χ1v) is 6.02. The van der Waals surface area contributed by atoms with Gasteiger partial charge in [-0.1, -0.05) is 17.7 Å². The monoisotopic (exact) mass is 272 g/mol. The Morgan fingerprint density at radius 1 is 1.35 bits per heavy atom. The van der Waals surface area contributed by atoms with Crippen molar-refractivity contribution in [3.8, 4) is 0 Å². The number of aryl methyl sites for hydroxylation is 1. The van der Waals surface area contributed by atoms with Crippen LogP contribution in [0.3, 0.4) is 0 Å². The largest absolute Gasteiger partial charge is 0.467 e. The second kappa shape index (κ2) is 5.11. The first-order valence-electron chi connectivity index (χ1n) is 5.20. The summed E-state index contributed by atoms with van der Waals surface area (Å²) in [4.78, 5) is 0. The Morgan fingerprint density at radius 3 is 2.71 bits per heavy atom. The van der Waals surface area contributed by atoms with Crippen LogP contribution in [0.4, 0.5) is 4.39 Å². The minimum Gasteiger partial charge on any atom is -0.467 e. The van der Waals surface area contributed by atoms with Crippen molar-refractivity contribution in [2.45, 2.75) is 18.7 Å². The highest BCUT2D eigenvalue weighted by atomic mass is 35.5. The molecule has 1 unspecified atom stereocenters. The summed E-state index contributed by atoms with van der Waals surface area (Å²) in [5.74, 6) is 0.318. The van der Waals surface area contributed by atoms with E-state index in [2.05, 4.69) is 0 Å². The highest BCUT2D eigenvalue weighted by Gasteiger charge is 2.18. The third-order valence-corrected chi connectivity index (χ3v) is 3.34. The minimum absolute atomic E-state index is 0.307. The van der Waals surface area contributed by atoms with Crippen LogP contribution in [0.2, 0.25) is 5.02 Å². The lowest BCUT2D eigenvalue weighted by Gasteiger charge is -2.10. The summed E-state index contributed by atoms with van der Waals surface area (Å²) in [6.45, 7) is 1.90. The predicted molar refractivity (Wildman–Crippen MR) is 67.2 cm³/mol. The van der Waals surface area contributed by atoms with Crippen molar-refractivity contribution in [3.05, 3.63) is 58.3 Å². The molecular weight excluding hydrogens is 262 g/mol. The molecule has 0 spiro atoms. The molecule has 0 bridgehead atoms. The molecule has 1 atom stereocenters. The average molecular weight is 273 g/mol. The van der Waals surface area contributed by atoms with Crippen LogP contribution >= 0.6 is 23.2 Å². The van der Waals surface area contributed by atoms with Gasteiger partial charge in [0, 0.05) is 17.0 Å². The van der Waals surface area contributed by atoms with E-state index in [1.165, 1.54) is 6.07 Å². The van der Waals surface area contributed by atoms with Crippen LogP contribution in [0.15, 0.2) is 34.9 Å². The molecule has 0 N–H and O–H groups in total. The van der Waals surface area contributed by atoms with Crippen molar-refractivity contribution >= 4 is 23.2 Å². The van der Waals surface area contributed by atoms with Gasteiger partial charge in [0.15, 0.2) is 0 Å². The van der Waals surface area contributed by atoms with Gasteiger partial charge in [0.2, 0.25) is 0 Å². The Labute approximate surface area is 109 Å². The molecule has 0 aliphatic heterocycles. The Balaban J connectivity index is 2.25. The van der Waals surface area contributed by atoms with E-state index in [1.807, 2.05) is 13.0 Å². The fourth-order valence-electron chi connectivity index (χ4n) is 1.70. The Kier molecular flexibility index (Phi) is 3.75. The highest BCUT2D eigenvalue weighted by molar-refractivity contribution is 6.31. The van der Waals surface area contributed by atoms with Gasteiger partial charge in [-0.05, 0) is 30.7 Å². The van der Waals surface area contributed by atoms with Gasteiger partial charge in [-0.15, -0.1) is 11.6 Å². The van der Waals surface area contributed by atoms with Gasteiger partial charge in [0.25, 0.3) is 0 Å². The highest BCUT2D eigenvalue weighted by Crippen LogP contribution is 2.31. The third-order valence-electron chi connectivity index (χ3n) is 2.63. The van der Waals surface area contributed by atoms with Crippen LogP contribution in [0.5, 0.6) is 0 Å². The molecule has 17 heavy (non-hydrogen) atoms. The molecule has 1 heterocycles. The molecule has 0 saturated heterocycles. The quantitative estimate of drug-likeness (QED) is 0.725. The summed E-state index contributed by atoms with van der Waals surface area (Å²) in [5.41, 5.74) is 1.38. The minimum atomic E-state index is -0.417. The van der Waals surface area contributed by atoms with E-state index in [-0.39, 0.29) is 5.82 Å². The van der Waals surface area contributed by atoms with E-state index in [4.69, 9.17) is 27.6 Å². The van der Waals surface area contributed by atoms with Crippen molar-refractivity contribution < 1.29 is 8.81 Å². The number of furan rings is 1. The average Bonchev–Trinajstić information content (AvgIpc) is 2.70. The number of hydrogen-bond acceptors (Lipinski definition) is 1. The first-order chi connectivity index (χ1) is 8.09. The molecule has 2 aromatic rings. The fourth-order valence-corrected chi connectivity index (χ4v) is 2.32. The summed E-state index contributed by atoms with van der Waals surface area (Å²) in [7, 11) is 0. The van der Waals surface area contributed by atoms with Crippen molar-refractivity contribution in [2.75, 3.05) is 0 Å². The van der Waals surface area contributed by atoms with Gasteiger partial charge in [0.1, 0.15) is 11.6 Å². The fraction of sp³-hybridized carbons (Fsp3) is 0.231. The van der Waals surface area contributed by atoms with Gasteiger partial charge >= 0.3 is 0 Å². The lowest BCUT2D eigenvalue weighted by Crippen LogP contribution is -1.99. The molecule has 0 amide bonds.